The number of nitrogens with one attached hydrogen (secondary N) is 2. The molecule has 0 aromatic heterocycles. The molecule has 0 saturated heterocycles. The molecule has 11 heteroatoms. The molecule has 1 amide bonds. The van der Waals surface area contributed by atoms with E-state index >= 15 is 0 Å². The molecule has 0 bridgehead atoms. The van der Waals surface area contributed by atoms with Gasteiger partial charge in [0.1, 0.15) is 5.82 Å². The summed E-state index contributed by atoms with van der Waals surface area (Å²) in [5, 5.41) is 2.59. The lowest BCUT2D eigenvalue weighted by molar-refractivity contribution is -0.143. The molecule has 0 atom stereocenters. The second kappa shape index (κ2) is 10.1. The average molecular weight is 461 g/mol. The monoisotopic (exact) mass is 461 g/mol. The van der Waals surface area contributed by atoms with Crippen molar-refractivity contribution in [2.75, 3.05) is 31.4 Å². The third-order valence-electron chi connectivity index (χ3n) is 4.31. The summed E-state index contributed by atoms with van der Waals surface area (Å²) in [5.41, 5.74) is 0.828. The minimum absolute atomic E-state index is 0.130. The number of amides is 1. The van der Waals surface area contributed by atoms with Gasteiger partial charge in [0.05, 0.1) is 11.4 Å². The summed E-state index contributed by atoms with van der Waals surface area (Å²) < 4.78 is 77.4. The highest BCUT2D eigenvalue weighted by Gasteiger charge is 2.28. The number of sulfonamides is 1. The summed E-state index contributed by atoms with van der Waals surface area (Å²) in [6, 6.07) is 8.78. The van der Waals surface area contributed by atoms with Gasteiger partial charge in [-0.25, -0.2) is 12.8 Å². The molecule has 0 aliphatic rings. The molecule has 6 nitrogen and oxygen atoms in total. The van der Waals surface area contributed by atoms with Crippen LogP contribution < -0.4 is 10.0 Å². The lowest BCUT2D eigenvalue weighted by Gasteiger charge is -2.18. The van der Waals surface area contributed by atoms with E-state index in [9.17, 15) is 30.8 Å². The Morgan fingerprint density at radius 1 is 1.10 bits per heavy atom. The highest BCUT2D eigenvalue weighted by molar-refractivity contribution is 7.92. The van der Waals surface area contributed by atoms with Gasteiger partial charge in [0.15, 0.2) is 0 Å². The number of anilines is 1. The zero-order valence-corrected chi connectivity index (χ0v) is 17.8. The Morgan fingerprint density at radius 2 is 1.74 bits per heavy atom. The molecule has 2 aromatic carbocycles. The highest BCUT2D eigenvalue weighted by Crippen LogP contribution is 2.20. The van der Waals surface area contributed by atoms with E-state index < -0.39 is 34.5 Å². The van der Waals surface area contributed by atoms with Crippen molar-refractivity contribution in [2.45, 2.75) is 24.4 Å². The quantitative estimate of drug-likeness (QED) is 0.442. The second-order valence-electron chi connectivity index (χ2n) is 7.05. The second-order valence-corrected chi connectivity index (χ2v) is 8.73. The topological polar surface area (TPSA) is 78.5 Å². The minimum atomic E-state index is -4.29. The maximum Gasteiger partial charge on any atom is 0.401 e. The van der Waals surface area contributed by atoms with Crippen molar-refractivity contribution in [3.8, 4) is 0 Å². The molecule has 0 aliphatic carbocycles. The van der Waals surface area contributed by atoms with E-state index in [2.05, 4.69) is 10.0 Å². The maximum absolute atomic E-state index is 13.0. The van der Waals surface area contributed by atoms with Gasteiger partial charge in [-0.2, -0.15) is 13.2 Å². The molecule has 2 N–H and O–H groups in total. The van der Waals surface area contributed by atoms with Gasteiger partial charge in [-0.3, -0.25) is 14.4 Å². The van der Waals surface area contributed by atoms with Crippen LogP contribution in [-0.2, 0) is 10.0 Å². The number of benzene rings is 2. The average Bonchev–Trinajstić information content (AvgIpc) is 2.65. The van der Waals surface area contributed by atoms with E-state index in [1.54, 1.807) is 6.92 Å². The SMILES string of the molecule is Cc1ccc(S(=O)(=O)Nc2ccc(F)cc2)cc1C(=O)NCCCN(C)CC(F)(F)F. The van der Waals surface area contributed by atoms with E-state index in [-0.39, 0.29) is 29.2 Å². The number of nitrogens with zero attached hydrogens (tertiary/aromatic N) is 1. The first-order chi connectivity index (χ1) is 14.4. The van der Waals surface area contributed by atoms with Crippen molar-refractivity contribution in [1.82, 2.24) is 10.2 Å². The summed E-state index contributed by atoms with van der Waals surface area (Å²) >= 11 is 0. The van der Waals surface area contributed by atoms with Crippen molar-refractivity contribution in [2.24, 2.45) is 0 Å². The number of aryl methyl sites for hydroxylation is 1. The van der Waals surface area contributed by atoms with Crippen LogP contribution in [0.15, 0.2) is 47.4 Å². The molecule has 0 spiro atoms. The van der Waals surface area contributed by atoms with E-state index in [0.717, 1.165) is 17.0 Å². The number of rotatable bonds is 9. The standard InChI is InChI=1S/C20H23F4N3O3S/c1-14-4-9-17(31(29,30)26-16-7-5-15(21)6-8-16)12-18(14)19(28)25-10-3-11-27(2)13-20(22,23)24/h4-9,12,26H,3,10-11,13H2,1-2H3,(H,25,28). The van der Waals surface area contributed by atoms with Gasteiger partial charge >= 0.3 is 6.18 Å². The van der Waals surface area contributed by atoms with Gasteiger partial charge in [0.25, 0.3) is 15.9 Å². The molecular formula is C20H23F4N3O3S. The zero-order valence-electron chi connectivity index (χ0n) is 17.0. The van der Waals surface area contributed by atoms with E-state index in [1.165, 1.54) is 37.4 Å². The van der Waals surface area contributed by atoms with Crippen LogP contribution in [0.5, 0.6) is 0 Å². The van der Waals surface area contributed by atoms with E-state index in [0.29, 0.717) is 12.0 Å². The summed E-state index contributed by atoms with van der Waals surface area (Å²) in [6.45, 7) is 0.858. The van der Waals surface area contributed by atoms with Crippen LogP contribution in [0.1, 0.15) is 22.3 Å². The Bertz CT molecular complexity index is 1010. The first-order valence-corrected chi connectivity index (χ1v) is 10.8. The lowest BCUT2D eigenvalue weighted by Crippen LogP contribution is -2.34. The van der Waals surface area contributed by atoms with Crippen molar-refractivity contribution in [3.05, 3.63) is 59.4 Å². The van der Waals surface area contributed by atoms with Crippen molar-refractivity contribution >= 4 is 21.6 Å². The first-order valence-electron chi connectivity index (χ1n) is 9.30. The largest absolute Gasteiger partial charge is 0.401 e. The fraction of sp³-hybridized carbons (Fsp3) is 0.350. The fourth-order valence-corrected chi connectivity index (χ4v) is 3.86. The minimum Gasteiger partial charge on any atom is -0.352 e. The summed E-state index contributed by atoms with van der Waals surface area (Å²) in [6.07, 6.45) is -4.00. The Morgan fingerprint density at radius 3 is 2.35 bits per heavy atom. The van der Waals surface area contributed by atoms with Crippen LogP contribution >= 0.6 is 0 Å². The summed E-state index contributed by atoms with van der Waals surface area (Å²) in [7, 11) is -2.68. The lowest BCUT2D eigenvalue weighted by atomic mass is 10.1. The zero-order chi connectivity index (χ0) is 23.2. The number of hydrogen-bond donors (Lipinski definition) is 2. The van der Waals surface area contributed by atoms with Crippen molar-refractivity contribution in [3.63, 3.8) is 0 Å². The van der Waals surface area contributed by atoms with E-state index in [1.807, 2.05) is 0 Å². The Hall–Kier alpha value is -2.66. The first kappa shape index (κ1) is 24.6. The highest BCUT2D eigenvalue weighted by atomic mass is 32.2. The van der Waals surface area contributed by atoms with Crippen LogP contribution in [0.2, 0.25) is 0 Å². The number of halogens is 4. The van der Waals surface area contributed by atoms with Gasteiger partial charge in [-0.15, -0.1) is 0 Å². The fourth-order valence-electron chi connectivity index (χ4n) is 2.78. The van der Waals surface area contributed by atoms with Crippen LogP contribution in [0.3, 0.4) is 0 Å². The number of carbonyl (C=O) groups excluding carboxylic acids is 1. The Balaban J connectivity index is 2.01. The van der Waals surface area contributed by atoms with Gasteiger partial charge < -0.3 is 5.32 Å². The molecule has 0 radical (unpaired) electrons. The van der Waals surface area contributed by atoms with Crippen molar-refractivity contribution in [1.29, 1.82) is 0 Å². The van der Waals surface area contributed by atoms with Gasteiger partial charge in [-0.05, 0) is 68.9 Å². The molecule has 0 saturated carbocycles. The molecule has 0 fully saturated rings. The van der Waals surface area contributed by atoms with Gasteiger partial charge in [0, 0.05) is 17.8 Å². The molecule has 0 unspecified atom stereocenters. The maximum atomic E-state index is 13.0. The third kappa shape index (κ3) is 7.83. The number of alkyl halides is 3. The smallest absolute Gasteiger partial charge is 0.352 e. The van der Waals surface area contributed by atoms with Crippen molar-refractivity contribution < 1.29 is 30.8 Å². The van der Waals surface area contributed by atoms with Crippen LogP contribution in [0, 0.1) is 12.7 Å². The van der Waals surface area contributed by atoms with E-state index in [4.69, 9.17) is 0 Å². The Labute approximate surface area is 178 Å². The molecule has 170 valence electrons. The number of hydrogen-bond acceptors (Lipinski definition) is 4. The molecule has 0 aliphatic heterocycles. The summed E-state index contributed by atoms with van der Waals surface area (Å²) in [4.78, 5) is 13.4. The third-order valence-corrected chi connectivity index (χ3v) is 5.69. The number of carbonyl (C=O) groups is 1. The van der Waals surface area contributed by atoms with Crippen LogP contribution in [-0.4, -0.2) is 52.1 Å². The molecular weight excluding hydrogens is 438 g/mol. The predicted molar refractivity (Wildman–Crippen MR) is 109 cm³/mol. The van der Waals surface area contributed by atoms with Gasteiger partial charge in [0.2, 0.25) is 0 Å². The van der Waals surface area contributed by atoms with Crippen LogP contribution in [0.4, 0.5) is 23.2 Å². The Kier molecular flexibility index (Phi) is 8.02. The normalized spacial score (nSPS) is 12.1. The molecule has 31 heavy (non-hydrogen) atoms. The molecule has 2 rings (SSSR count). The molecule has 0 heterocycles. The van der Waals surface area contributed by atoms with Crippen LogP contribution in [0.25, 0.3) is 0 Å². The molecule has 2 aromatic rings. The predicted octanol–water partition coefficient (Wildman–Crippen LogP) is 3.55. The summed E-state index contributed by atoms with van der Waals surface area (Å²) in [5.74, 6) is -1.04. The van der Waals surface area contributed by atoms with Gasteiger partial charge in [-0.1, -0.05) is 6.07 Å².